The molecule has 1 atom stereocenters. The van der Waals surface area contributed by atoms with Gasteiger partial charge in [0.2, 0.25) is 0 Å². The van der Waals surface area contributed by atoms with Gasteiger partial charge in [0.15, 0.2) is 0 Å². The van der Waals surface area contributed by atoms with Crippen LogP contribution >= 0.6 is 27.5 Å². The minimum atomic E-state index is -0.0900. The fourth-order valence-electron chi connectivity index (χ4n) is 2.42. The van der Waals surface area contributed by atoms with Crippen LogP contribution in [0.1, 0.15) is 34.1 Å². The van der Waals surface area contributed by atoms with Crippen LogP contribution in [-0.4, -0.2) is 9.78 Å². The van der Waals surface area contributed by atoms with Gasteiger partial charge in [-0.05, 0) is 37.5 Å². The molecule has 0 aliphatic carbocycles. The number of aryl methyl sites for hydroxylation is 4. The zero-order valence-electron chi connectivity index (χ0n) is 12.2. The van der Waals surface area contributed by atoms with Crippen molar-refractivity contribution in [1.82, 2.24) is 9.78 Å². The second kappa shape index (κ2) is 5.88. The third kappa shape index (κ3) is 2.92. The molecule has 1 aromatic heterocycles. The molecule has 0 aliphatic rings. The zero-order chi connectivity index (χ0) is 15.0. The van der Waals surface area contributed by atoms with Crippen molar-refractivity contribution in [3.05, 3.63) is 49.7 Å². The van der Waals surface area contributed by atoms with Crippen LogP contribution in [0.4, 0.5) is 0 Å². The van der Waals surface area contributed by atoms with Gasteiger partial charge >= 0.3 is 0 Å². The Balaban J connectivity index is 2.31. The van der Waals surface area contributed by atoms with E-state index in [4.69, 9.17) is 17.3 Å². The highest BCUT2D eigenvalue weighted by molar-refractivity contribution is 9.10. The molecule has 2 N–H and O–H groups in total. The summed E-state index contributed by atoms with van der Waals surface area (Å²) in [5.74, 6) is 0. The molecule has 0 aliphatic heterocycles. The Hall–Kier alpha value is -0.840. The van der Waals surface area contributed by atoms with Gasteiger partial charge < -0.3 is 5.73 Å². The Morgan fingerprint density at radius 2 is 1.85 bits per heavy atom. The number of hydrogen-bond acceptors (Lipinski definition) is 2. The normalized spacial score (nSPS) is 12.8. The summed E-state index contributed by atoms with van der Waals surface area (Å²) in [5.41, 5.74) is 11.7. The standard InChI is InChI=1S/C15H19BrClN3/c1-8-5-11(6-9(2)14(8)16)12(18)7-13-15(17)10(3)19-20(13)4/h5-6,12H,7,18H2,1-4H3. The monoisotopic (exact) mass is 355 g/mol. The summed E-state index contributed by atoms with van der Waals surface area (Å²) < 4.78 is 2.96. The largest absolute Gasteiger partial charge is 0.324 e. The molecular formula is C15H19BrClN3. The minimum Gasteiger partial charge on any atom is -0.324 e. The molecule has 0 saturated heterocycles. The predicted molar refractivity (Wildman–Crippen MR) is 87.2 cm³/mol. The highest BCUT2D eigenvalue weighted by Crippen LogP contribution is 2.28. The van der Waals surface area contributed by atoms with Gasteiger partial charge in [0.1, 0.15) is 0 Å². The van der Waals surface area contributed by atoms with Crippen LogP contribution < -0.4 is 5.73 Å². The van der Waals surface area contributed by atoms with Crippen LogP contribution in [0.2, 0.25) is 5.02 Å². The first-order valence-corrected chi connectivity index (χ1v) is 7.68. The van der Waals surface area contributed by atoms with E-state index in [0.29, 0.717) is 11.4 Å². The zero-order valence-corrected chi connectivity index (χ0v) is 14.5. The quantitative estimate of drug-likeness (QED) is 0.903. The van der Waals surface area contributed by atoms with E-state index in [1.165, 1.54) is 11.1 Å². The fraction of sp³-hybridized carbons (Fsp3) is 0.400. The van der Waals surface area contributed by atoms with E-state index in [-0.39, 0.29) is 6.04 Å². The second-order valence-electron chi connectivity index (χ2n) is 5.25. The van der Waals surface area contributed by atoms with Crippen molar-refractivity contribution in [3.63, 3.8) is 0 Å². The molecule has 2 rings (SSSR count). The van der Waals surface area contributed by atoms with Crippen LogP contribution in [0.15, 0.2) is 16.6 Å². The number of benzene rings is 1. The number of aromatic nitrogens is 2. The Morgan fingerprint density at radius 1 is 1.30 bits per heavy atom. The highest BCUT2D eigenvalue weighted by Gasteiger charge is 2.16. The van der Waals surface area contributed by atoms with E-state index in [1.54, 1.807) is 0 Å². The van der Waals surface area contributed by atoms with E-state index >= 15 is 0 Å². The van der Waals surface area contributed by atoms with Crippen molar-refractivity contribution in [2.24, 2.45) is 12.8 Å². The lowest BCUT2D eigenvalue weighted by Crippen LogP contribution is -2.16. The van der Waals surface area contributed by atoms with E-state index in [2.05, 4.69) is 47.0 Å². The highest BCUT2D eigenvalue weighted by atomic mass is 79.9. The summed E-state index contributed by atoms with van der Waals surface area (Å²) in [6.45, 7) is 6.06. The number of rotatable bonds is 3. The average molecular weight is 357 g/mol. The van der Waals surface area contributed by atoms with E-state index in [1.807, 2.05) is 18.7 Å². The van der Waals surface area contributed by atoms with Crippen molar-refractivity contribution in [2.75, 3.05) is 0 Å². The predicted octanol–water partition coefficient (Wildman–Crippen LogP) is 4.00. The maximum Gasteiger partial charge on any atom is 0.0847 e. The van der Waals surface area contributed by atoms with Crippen LogP contribution in [0.3, 0.4) is 0 Å². The van der Waals surface area contributed by atoms with Gasteiger partial charge in [0, 0.05) is 24.0 Å². The first-order valence-electron chi connectivity index (χ1n) is 6.51. The number of nitrogens with zero attached hydrogens (tertiary/aromatic N) is 2. The first kappa shape index (κ1) is 15.5. The topological polar surface area (TPSA) is 43.8 Å². The van der Waals surface area contributed by atoms with Crippen molar-refractivity contribution < 1.29 is 0 Å². The van der Waals surface area contributed by atoms with Crippen molar-refractivity contribution >= 4 is 27.5 Å². The molecule has 2 aromatic rings. The number of halogens is 2. The number of nitrogens with two attached hydrogens (primary N) is 1. The molecule has 0 radical (unpaired) electrons. The Kier molecular flexibility index (Phi) is 4.57. The molecule has 1 aromatic carbocycles. The van der Waals surface area contributed by atoms with E-state index in [9.17, 15) is 0 Å². The third-order valence-corrected chi connectivity index (χ3v) is 5.30. The molecule has 20 heavy (non-hydrogen) atoms. The lowest BCUT2D eigenvalue weighted by molar-refractivity contribution is 0.639. The second-order valence-corrected chi connectivity index (χ2v) is 6.42. The van der Waals surface area contributed by atoms with Gasteiger partial charge in [-0.15, -0.1) is 0 Å². The van der Waals surface area contributed by atoms with Gasteiger partial charge in [-0.25, -0.2) is 0 Å². The number of hydrogen-bond donors (Lipinski definition) is 1. The first-order chi connectivity index (χ1) is 9.31. The average Bonchev–Trinajstić information content (AvgIpc) is 2.62. The van der Waals surface area contributed by atoms with E-state index in [0.717, 1.165) is 21.4 Å². The maximum atomic E-state index is 6.35. The lowest BCUT2D eigenvalue weighted by atomic mass is 9.98. The summed E-state index contributed by atoms with van der Waals surface area (Å²) in [7, 11) is 1.90. The molecule has 0 fully saturated rings. The Labute approximate surface area is 133 Å². The van der Waals surface area contributed by atoms with E-state index < -0.39 is 0 Å². The molecule has 108 valence electrons. The van der Waals surface area contributed by atoms with Crippen molar-refractivity contribution in [1.29, 1.82) is 0 Å². The molecule has 3 nitrogen and oxygen atoms in total. The summed E-state index contributed by atoms with van der Waals surface area (Å²) >= 11 is 9.87. The molecule has 0 bridgehead atoms. The van der Waals surface area contributed by atoms with Gasteiger partial charge in [0.05, 0.1) is 16.4 Å². The molecule has 0 saturated carbocycles. The third-order valence-electron chi connectivity index (χ3n) is 3.56. The molecule has 1 unspecified atom stereocenters. The van der Waals surface area contributed by atoms with Gasteiger partial charge in [0.25, 0.3) is 0 Å². The smallest absolute Gasteiger partial charge is 0.0847 e. The summed E-state index contributed by atoms with van der Waals surface area (Å²) in [6.07, 6.45) is 0.677. The molecule has 5 heteroatoms. The minimum absolute atomic E-state index is 0.0900. The SMILES string of the molecule is Cc1cc(C(N)Cc2c(Cl)c(C)nn2C)cc(C)c1Br. The Morgan fingerprint density at radius 3 is 2.30 bits per heavy atom. The van der Waals surface area contributed by atoms with Crippen molar-refractivity contribution in [3.8, 4) is 0 Å². The van der Waals surface area contributed by atoms with Crippen LogP contribution in [0.5, 0.6) is 0 Å². The Bertz CT molecular complexity index is 626. The lowest BCUT2D eigenvalue weighted by Gasteiger charge is -2.15. The van der Waals surface area contributed by atoms with Gasteiger partial charge in [-0.1, -0.05) is 39.7 Å². The maximum absolute atomic E-state index is 6.35. The van der Waals surface area contributed by atoms with Crippen LogP contribution in [0, 0.1) is 20.8 Å². The molecule has 1 heterocycles. The summed E-state index contributed by atoms with van der Waals surface area (Å²) in [4.78, 5) is 0. The molecule has 0 spiro atoms. The van der Waals surface area contributed by atoms with Gasteiger partial charge in [-0.3, -0.25) is 4.68 Å². The van der Waals surface area contributed by atoms with Gasteiger partial charge in [-0.2, -0.15) is 5.10 Å². The van der Waals surface area contributed by atoms with Crippen LogP contribution in [-0.2, 0) is 13.5 Å². The fourth-order valence-corrected chi connectivity index (χ4v) is 2.89. The molecule has 0 amide bonds. The summed E-state index contributed by atoms with van der Waals surface area (Å²) in [6, 6.07) is 4.16. The molecular weight excluding hydrogens is 338 g/mol. The van der Waals surface area contributed by atoms with Crippen molar-refractivity contribution in [2.45, 2.75) is 33.2 Å². The van der Waals surface area contributed by atoms with Crippen LogP contribution in [0.25, 0.3) is 0 Å². The summed E-state index contributed by atoms with van der Waals surface area (Å²) in [5, 5.41) is 5.04.